The molecule has 2 aromatic carbocycles. The average molecular weight is 425 g/mol. The Kier molecular flexibility index (Phi) is 5.06. The number of carbonyl (C=O) groups excluding carboxylic acids is 2. The number of nitrogens with one attached hydrogen (secondary N) is 2. The highest BCUT2D eigenvalue weighted by molar-refractivity contribution is 7.16. The minimum atomic E-state index is 0.0232. The van der Waals surface area contributed by atoms with E-state index in [9.17, 15) is 9.59 Å². The van der Waals surface area contributed by atoms with E-state index in [1.54, 1.807) is 13.8 Å². The maximum atomic E-state index is 11.6. The van der Waals surface area contributed by atoms with Gasteiger partial charge in [-0.2, -0.15) is 0 Å². The lowest BCUT2D eigenvalue weighted by Gasteiger charge is -2.08. The van der Waals surface area contributed by atoms with Crippen molar-refractivity contribution in [3.63, 3.8) is 0 Å². The van der Waals surface area contributed by atoms with Crippen LogP contribution in [-0.4, -0.2) is 20.7 Å². The second kappa shape index (κ2) is 7.53. The summed E-state index contributed by atoms with van der Waals surface area (Å²) in [5.74, 6) is 0.0463. The predicted molar refractivity (Wildman–Crippen MR) is 116 cm³/mol. The molecule has 0 aliphatic carbocycles. The van der Waals surface area contributed by atoms with Gasteiger partial charge in [0.1, 0.15) is 0 Å². The SMILES string of the molecule is CC(=O)c1ccc2c(c1)sc(=N)n2CCCn1c(=N)sc2cc(C(C)=O)ccc21. The fourth-order valence-corrected chi connectivity index (χ4v) is 5.40. The molecular formula is C21H20N4O2S2. The van der Waals surface area contributed by atoms with Gasteiger partial charge in [0, 0.05) is 24.2 Å². The third kappa shape index (κ3) is 3.61. The minimum absolute atomic E-state index is 0.0232. The third-order valence-electron chi connectivity index (χ3n) is 4.98. The van der Waals surface area contributed by atoms with Gasteiger partial charge >= 0.3 is 0 Å². The topological polar surface area (TPSA) is 91.7 Å². The number of fused-ring (bicyclic) bond motifs is 2. The summed E-state index contributed by atoms with van der Waals surface area (Å²) in [5.41, 5.74) is 3.25. The van der Waals surface area contributed by atoms with Crippen molar-refractivity contribution in [2.45, 2.75) is 33.4 Å². The quantitative estimate of drug-likeness (QED) is 0.455. The summed E-state index contributed by atoms with van der Waals surface area (Å²) in [6.45, 7) is 4.41. The molecule has 0 atom stereocenters. The second-order valence-corrected chi connectivity index (χ2v) is 9.01. The zero-order chi connectivity index (χ0) is 20.7. The van der Waals surface area contributed by atoms with Crippen LogP contribution in [0.15, 0.2) is 36.4 Å². The first kappa shape index (κ1) is 19.5. The van der Waals surface area contributed by atoms with E-state index in [1.807, 2.05) is 45.5 Å². The summed E-state index contributed by atoms with van der Waals surface area (Å²) in [4.78, 5) is 24.1. The lowest BCUT2D eigenvalue weighted by Crippen LogP contribution is -2.18. The van der Waals surface area contributed by atoms with Gasteiger partial charge < -0.3 is 9.13 Å². The maximum Gasteiger partial charge on any atom is 0.182 e. The van der Waals surface area contributed by atoms with Gasteiger partial charge in [0.2, 0.25) is 0 Å². The van der Waals surface area contributed by atoms with Crippen molar-refractivity contribution in [2.24, 2.45) is 0 Å². The highest BCUT2D eigenvalue weighted by atomic mass is 32.1. The number of hydrogen-bond acceptors (Lipinski definition) is 6. The van der Waals surface area contributed by atoms with Gasteiger partial charge in [0.15, 0.2) is 21.2 Å². The van der Waals surface area contributed by atoms with E-state index in [1.165, 1.54) is 22.7 Å². The molecule has 0 unspecified atom stereocenters. The number of benzene rings is 2. The fraction of sp³-hybridized carbons (Fsp3) is 0.238. The highest BCUT2D eigenvalue weighted by Gasteiger charge is 2.10. The van der Waals surface area contributed by atoms with Crippen molar-refractivity contribution in [3.8, 4) is 0 Å². The summed E-state index contributed by atoms with van der Waals surface area (Å²) in [7, 11) is 0. The number of rotatable bonds is 6. The Balaban J connectivity index is 1.58. The van der Waals surface area contributed by atoms with E-state index < -0.39 is 0 Å². The number of aromatic nitrogens is 2. The lowest BCUT2D eigenvalue weighted by atomic mass is 10.1. The summed E-state index contributed by atoms with van der Waals surface area (Å²) in [6.07, 6.45) is 0.772. The van der Waals surface area contributed by atoms with Crippen molar-refractivity contribution in [1.29, 1.82) is 10.8 Å². The maximum absolute atomic E-state index is 11.6. The van der Waals surface area contributed by atoms with Crippen molar-refractivity contribution in [2.75, 3.05) is 0 Å². The van der Waals surface area contributed by atoms with Gasteiger partial charge in [-0.05, 0) is 56.7 Å². The molecule has 148 valence electrons. The number of Topliss-reactive ketones (excluding diaryl/α,β-unsaturated/α-hetero) is 2. The molecule has 8 heteroatoms. The molecule has 0 amide bonds. The second-order valence-electron chi connectivity index (χ2n) is 6.95. The molecule has 4 aromatic rings. The van der Waals surface area contributed by atoms with Gasteiger partial charge in [-0.1, -0.05) is 22.7 Å². The Morgan fingerprint density at radius 2 is 1.21 bits per heavy atom. The number of thiazole rings is 2. The Bertz CT molecular complexity index is 1280. The fourth-order valence-electron chi connectivity index (χ4n) is 3.44. The van der Waals surface area contributed by atoms with E-state index in [0.717, 1.165) is 26.9 Å². The molecule has 0 radical (unpaired) electrons. The largest absolute Gasteiger partial charge is 0.317 e. The molecule has 0 saturated carbocycles. The van der Waals surface area contributed by atoms with Crippen molar-refractivity contribution in [1.82, 2.24) is 9.13 Å². The Morgan fingerprint density at radius 3 is 1.59 bits per heavy atom. The van der Waals surface area contributed by atoms with Gasteiger partial charge in [0.25, 0.3) is 0 Å². The van der Waals surface area contributed by atoms with Crippen LogP contribution in [-0.2, 0) is 13.1 Å². The lowest BCUT2D eigenvalue weighted by molar-refractivity contribution is 0.100. The normalized spacial score (nSPS) is 11.4. The molecule has 2 heterocycles. The summed E-state index contributed by atoms with van der Waals surface area (Å²) < 4.78 is 5.79. The van der Waals surface area contributed by atoms with E-state index in [2.05, 4.69) is 0 Å². The molecular weight excluding hydrogens is 404 g/mol. The van der Waals surface area contributed by atoms with Crippen LogP contribution in [0.2, 0.25) is 0 Å². The average Bonchev–Trinajstić information content (AvgIpc) is 3.16. The number of hydrogen-bond donors (Lipinski definition) is 2. The van der Waals surface area contributed by atoms with Crippen LogP contribution in [0.25, 0.3) is 20.4 Å². The van der Waals surface area contributed by atoms with Gasteiger partial charge in [-0.25, -0.2) is 0 Å². The van der Waals surface area contributed by atoms with Gasteiger partial charge in [-0.15, -0.1) is 0 Å². The van der Waals surface area contributed by atoms with Crippen molar-refractivity contribution >= 4 is 54.7 Å². The molecule has 0 spiro atoms. The molecule has 0 bridgehead atoms. The molecule has 29 heavy (non-hydrogen) atoms. The smallest absolute Gasteiger partial charge is 0.182 e. The first-order valence-corrected chi connectivity index (χ1v) is 10.9. The van der Waals surface area contributed by atoms with E-state index in [4.69, 9.17) is 10.8 Å². The molecule has 2 N–H and O–H groups in total. The minimum Gasteiger partial charge on any atom is -0.317 e. The van der Waals surface area contributed by atoms with Crippen LogP contribution >= 0.6 is 22.7 Å². The number of carbonyl (C=O) groups is 2. The Labute approximate surface area is 174 Å². The monoisotopic (exact) mass is 424 g/mol. The van der Waals surface area contributed by atoms with Crippen molar-refractivity contribution < 1.29 is 9.59 Å². The molecule has 0 aliphatic rings. The standard InChI is InChI=1S/C21H20N4O2S2/c1-12(26)14-4-6-16-18(10-14)28-20(22)24(16)8-3-9-25-17-7-5-15(13(2)27)11-19(17)29-21(25)23/h4-7,10-11,22-23H,3,8-9H2,1-2H3. The highest BCUT2D eigenvalue weighted by Crippen LogP contribution is 2.21. The van der Waals surface area contributed by atoms with Crippen LogP contribution in [0.3, 0.4) is 0 Å². The molecule has 0 fully saturated rings. The van der Waals surface area contributed by atoms with Crippen LogP contribution in [0, 0.1) is 10.8 Å². The third-order valence-corrected chi connectivity index (χ3v) is 6.90. The Morgan fingerprint density at radius 1 is 0.793 bits per heavy atom. The van der Waals surface area contributed by atoms with Crippen molar-refractivity contribution in [3.05, 3.63) is 57.1 Å². The van der Waals surface area contributed by atoms with Gasteiger partial charge in [-0.3, -0.25) is 20.4 Å². The molecule has 2 aromatic heterocycles. The van der Waals surface area contributed by atoms with Crippen LogP contribution < -0.4 is 9.60 Å². The van der Waals surface area contributed by atoms with Crippen LogP contribution in [0.4, 0.5) is 0 Å². The molecule has 0 aliphatic heterocycles. The summed E-state index contributed by atoms with van der Waals surface area (Å²) in [5, 5.41) is 16.6. The number of nitrogens with zero attached hydrogens (tertiary/aromatic N) is 2. The predicted octanol–water partition coefficient (Wildman–Crippen LogP) is 4.17. The summed E-state index contributed by atoms with van der Waals surface area (Å²) in [6, 6.07) is 11.1. The van der Waals surface area contributed by atoms with Crippen LogP contribution in [0.5, 0.6) is 0 Å². The van der Waals surface area contributed by atoms with Gasteiger partial charge in [0.05, 0.1) is 20.4 Å². The van der Waals surface area contributed by atoms with E-state index in [-0.39, 0.29) is 11.6 Å². The Hall–Kier alpha value is -2.84. The number of ketones is 2. The van der Waals surface area contributed by atoms with E-state index in [0.29, 0.717) is 33.8 Å². The van der Waals surface area contributed by atoms with E-state index >= 15 is 0 Å². The first-order chi connectivity index (χ1) is 13.8. The zero-order valence-electron chi connectivity index (χ0n) is 16.1. The number of aryl methyl sites for hydroxylation is 2. The molecule has 6 nitrogen and oxygen atoms in total. The summed E-state index contributed by atoms with van der Waals surface area (Å²) >= 11 is 2.74. The zero-order valence-corrected chi connectivity index (χ0v) is 17.7. The first-order valence-electron chi connectivity index (χ1n) is 9.23. The molecule has 0 saturated heterocycles. The molecule has 4 rings (SSSR count). The van der Waals surface area contributed by atoms with Crippen LogP contribution in [0.1, 0.15) is 41.0 Å².